The summed E-state index contributed by atoms with van der Waals surface area (Å²) in [6.07, 6.45) is -11.9. The molecule has 2 aromatic carbocycles. The number of amides is 1. The summed E-state index contributed by atoms with van der Waals surface area (Å²) in [7, 11) is -3.66. The lowest BCUT2D eigenvalue weighted by molar-refractivity contribution is -0.376. The second kappa shape index (κ2) is 8.27. The molecule has 3 N–H and O–H groups in total. The molecule has 0 aliphatic carbocycles. The first kappa shape index (κ1) is 26.0. The van der Waals surface area contributed by atoms with Crippen LogP contribution in [0.3, 0.4) is 0 Å². The van der Waals surface area contributed by atoms with Gasteiger partial charge in [-0.15, -0.1) is 0 Å². The number of hydrogen-bond acceptors (Lipinski definition) is 5. The maximum Gasteiger partial charge on any atom is 0.430 e. The third-order valence-electron chi connectivity index (χ3n) is 5.02. The van der Waals surface area contributed by atoms with Crippen molar-refractivity contribution in [3.05, 3.63) is 59.9 Å². The Kier molecular flexibility index (Phi) is 6.15. The van der Waals surface area contributed by atoms with Crippen molar-refractivity contribution >= 4 is 38.3 Å². The first-order valence-corrected chi connectivity index (χ1v) is 11.1. The Bertz CT molecular complexity index is 1410. The second-order valence-electron chi connectivity index (χ2n) is 7.39. The molecule has 188 valence electrons. The second-order valence-corrected chi connectivity index (χ2v) is 9.40. The maximum atomic E-state index is 13.0. The molecule has 3 aromatic rings. The van der Waals surface area contributed by atoms with Gasteiger partial charge < -0.3 is 15.5 Å². The van der Waals surface area contributed by atoms with Crippen molar-refractivity contribution in [3.63, 3.8) is 0 Å². The summed E-state index contributed by atoms with van der Waals surface area (Å²) in [5.74, 6) is -1.11. The average Bonchev–Trinajstić information content (AvgIpc) is 3.10. The number of fused-ring (bicyclic) bond motifs is 1. The number of hydrogen-bond donors (Lipinski definition) is 3. The van der Waals surface area contributed by atoms with Crippen LogP contribution in [0.4, 0.5) is 36.8 Å². The molecular formula is C20H14F6N2O6S. The number of sulfone groups is 1. The van der Waals surface area contributed by atoms with Gasteiger partial charge in [0, 0.05) is 34.5 Å². The number of anilines is 1. The zero-order chi connectivity index (χ0) is 26.6. The van der Waals surface area contributed by atoms with Crippen molar-refractivity contribution in [2.24, 2.45) is 0 Å². The smallest absolute Gasteiger partial charge is 0.430 e. The molecule has 1 heterocycles. The fraction of sp³-hybridized carbons (Fsp3) is 0.200. The van der Waals surface area contributed by atoms with Gasteiger partial charge in [0.05, 0.1) is 4.90 Å². The van der Waals surface area contributed by atoms with E-state index >= 15 is 0 Å². The molecule has 0 bridgehead atoms. The number of aromatic nitrogens is 1. The van der Waals surface area contributed by atoms with Crippen LogP contribution in [0.15, 0.2) is 53.6 Å². The Morgan fingerprint density at radius 2 is 1.49 bits per heavy atom. The van der Waals surface area contributed by atoms with Crippen LogP contribution in [0.2, 0.25) is 0 Å². The monoisotopic (exact) mass is 524 g/mol. The molecule has 0 spiro atoms. The Hall–Kier alpha value is -3.59. The highest BCUT2D eigenvalue weighted by atomic mass is 32.2. The minimum Gasteiger partial charge on any atom is -0.464 e. The lowest BCUT2D eigenvalue weighted by Crippen LogP contribution is -2.53. The number of benzene rings is 2. The van der Waals surface area contributed by atoms with E-state index in [4.69, 9.17) is 0 Å². The van der Waals surface area contributed by atoms with Crippen molar-refractivity contribution in [2.45, 2.75) is 22.8 Å². The van der Waals surface area contributed by atoms with Crippen LogP contribution in [0.5, 0.6) is 0 Å². The fourth-order valence-electron chi connectivity index (χ4n) is 3.28. The van der Waals surface area contributed by atoms with Crippen LogP contribution >= 0.6 is 0 Å². The van der Waals surface area contributed by atoms with Gasteiger partial charge in [-0.2, -0.15) is 26.3 Å². The molecule has 1 aromatic heterocycles. The van der Waals surface area contributed by atoms with E-state index in [1.807, 2.05) is 0 Å². The molecule has 35 heavy (non-hydrogen) atoms. The molecule has 8 nitrogen and oxygen atoms in total. The summed E-state index contributed by atoms with van der Waals surface area (Å²) in [6.45, 7) is 0. The number of carboxylic acid groups (broad SMARTS) is 1. The van der Waals surface area contributed by atoms with E-state index in [0.717, 1.165) is 24.6 Å². The first-order chi connectivity index (χ1) is 15.9. The van der Waals surface area contributed by atoms with Gasteiger partial charge in [0.25, 0.3) is 11.5 Å². The topological polar surface area (TPSA) is 126 Å². The molecule has 0 saturated heterocycles. The summed E-state index contributed by atoms with van der Waals surface area (Å²) in [6, 6.07) is 5.37. The van der Waals surface area contributed by atoms with E-state index in [1.165, 1.54) is 6.07 Å². The van der Waals surface area contributed by atoms with E-state index < -0.39 is 51.0 Å². The Morgan fingerprint density at radius 3 is 1.94 bits per heavy atom. The number of carbonyl (C=O) groups excluding carboxylic acids is 1. The van der Waals surface area contributed by atoms with E-state index in [-0.39, 0.29) is 21.4 Å². The zero-order valence-corrected chi connectivity index (χ0v) is 18.1. The van der Waals surface area contributed by atoms with Gasteiger partial charge in [-0.1, -0.05) is 18.2 Å². The van der Waals surface area contributed by atoms with Gasteiger partial charge >= 0.3 is 18.4 Å². The number of carbonyl (C=O) groups is 2. The minimum absolute atomic E-state index is 0.0115. The van der Waals surface area contributed by atoms with Gasteiger partial charge in [0.2, 0.25) is 0 Å². The SMILES string of the molecule is CS(=O)(=O)c1ccc2c(C(=O)Nc3ccc(C(O)(C(F)(F)F)C(F)(F)F)cc3)n(C(=O)O)cc2c1. The quantitative estimate of drug-likeness (QED) is 0.441. The van der Waals surface area contributed by atoms with Gasteiger partial charge in [-0.3, -0.25) is 4.79 Å². The molecule has 0 fully saturated rings. The van der Waals surface area contributed by atoms with Crippen LogP contribution < -0.4 is 5.32 Å². The summed E-state index contributed by atoms with van der Waals surface area (Å²) in [4.78, 5) is 24.2. The lowest BCUT2D eigenvalue weighted by Gasteiger charge is -2.32. The summed E-state index contributed by atoms with van der Waals surface area (Å²) < 4.78 is 102. The van der Waals surface area contributed by atoms with E-state index in [9.17, 15) is 54.6 Å². The minimum atomic E-state index is -6.10. The van der Waals surface area contributed by atoms with Crippen molar-refractivity contribution < 1.29 is 54.6 Å². The molecule has 0 aliphatic rings. The van der Waals surface area contributed by atoms with Crippen molar-refractivity contribution in [1.29, 1.82) is 0 Å². The molecule has 0 unspecified atom stereocenters. The normalized spacial score (nSPS) is 13.1. The molecule has 0 atom stereocenters. The number of halogens is 6. The van der Waals surface area contributed by atoms with E-state index in [0.29, 0.717) is 28.8 Å². The summed E-state index contributed by atoms with van der Waals surface area (Å²) in [5, 5.41) is 21.1. The van der Waals surface area contributed by atoms with E-state index in [1.54, 1.807) is 0 Å². The van der Waals surface area contributed by atoms with Crippen LogP contribution in [0, 0.1) is 0 Å². The Labute approximate surface area is 192 Å². The van der Waals surface area contributed by atoms with Gasteiger partial charge in [-0.25, -0.2) is 17.8 Å². The van der Waals surface area contributed by atoms with Crippen molar-refractivity contribution in [2.75, 3.05) is 11.6 Å². The summed E-state index contributed by atoms with van der Waals surface area (Å²) >= 11 is 0. The number of alkyl halides is 6. The molecule has 0 aliphatic heterocycles. The third kappa shape index (κ3) is 4.55. The molecular weight excluding hydrogens is 510 g/mol. The highest BCUT2D eigenvalue weighted by molar-refractivity contribution is 7.90. The standard InChI is InChI=1S/C20H14F6N2O6S/c1-35(33,34)13-6-7-14-10(8-13)9-28(17(30)31)15(14)16(29)27-12-4-2-11(3-5-12)18(32,19(21,22)23)20(24,25)26/h2-9,32H,1H3,(H,27,29)(H,30,31). The number of nitrogens with zero attached hydrogens (tertiary/aromatic N) is 1. The third-order valence-corrected chi connectivity index (χ3v) is 6.13. The number of nitrogens with one attached hydrogen (secondary N) is 1. The highest BCUT2D eigenvalue weighted by Gasteiger charge is 2.71. The predicted molar refractivity (Wildman–Crippen MR) is 109 cm³/mol. The fourth-order valence-corrected chi connectivity index (χ4v) is 3.94. The van der Waals surface area contributed by atoms with E-state index in [2.05, 4.69) is 5.32 Å². The first-order valence-electron chi connectivity index (χ1n) is 9.24. The lowest BCUT2D eigenvalue weighted by atomic mass is 9.92. The Morgan fingerprint density at radius 1 is 0.943 bits per heavy atom. The molecule has 15 heteroatoms. The van der Waals surface area contributed by atoms with Crippen molar-refractivity contribution in [1.82, 2.24) is 4.57 Å². The highest BCUT2D eigenvalue weighted by Crippen LogP contribution is 2.50. The van der Waals surface area contributed by atoms with Crippen LogP contribution in [-0.4, -0.2) is 53.8 Å². The molecule has 0 saturated carbocycles. The van der Waals surface area contributed by atoms with Gasteiger partial charge in [-0.05, 0) is 24.3 Å². The Balaban J connectivity index is 2.01. The molecule has 3 rings (SSSR count). The van der Waals surface area contributed by atoms with Crippen LogP contribution in [-0.2, 0) is 15.4 Å². The van der Waals surface area contributed by atoms with Crippen molar-refractivity contribution in [3.8, 4) is 0 Å². The van der Waals surface area contributed by atoms with Gasteiger partial charge in [0.15, 0.2) is 9.84 Å². The maximum absolute atomic E-state index is 13.0. The van der Waals surface area contributed by atoms with Crippen LogP contribution in [0.1, 0.15) is 16.1 Å². The van der Waals surface area contributed by atoms with Gasteiger partial charge in [0.1, 0.15) is 5.69 Å². The summed E-state index contributed by atoms with van der Waals surface area (Å²) in [5.41, 5.74) is -7.51. The number of rotatable bonds is 4. The average molecular weight is 524 g/mol. The van der Waals surface area contributed by atoms with Crippen LogP contribution in [0.25, 0.3) is 10.8 Å². The molecule has 1 amide bonds. The molecule has 0 radical (unpaired) electrons. The largest absolute Gasteiger partial charge is 0.464 e. The predicted octanol–water partition coefficient (Wildman–Crippen LogP) is 4.14. The number of aliphatic hydroxyl groups is 1. The zero-order valence-electron chi connectivity index (χ0n) is 17.3.